The van der Waals surface area contributed by atoms with E-state index < -0.39 is 10.0 Å². The molecule has 2 aromatic rings. The van der Waals surface area contributed by atoms with Gasteiger partial charge in [-0.25, -0.2) is 13.1 Å². The topological polar surface area (TPSA) is 49.4 Å². The van der Waals surface area contributed by atoms with Crippen molar-refractivity contribution in [1.82, 2.24) is 9.62 Å². The van der Waals surface area contributed by atoms with Gasteiger partial charge < -0.3 is 0 Å². The Balaban J connectivity index is 1.46. The molecule has 4 nitrogen and oxygen atoms in total. The molecule has 3 aliphatic rings. The molecule has 3 heterocycles. The summed E-state index contributed by atoms with van der Waals surface area (Å²) >= 11 is 0. The lowest BCUT2D eigenvalue weighted by atomic mass is 9.74. The number of fused-ring (bicyclic) bond motifs is 4. The number of benzene rings is 2. The molecule has 1 unspecified atom stereocenters. The van der Waals surface area contributed by atoms with E-state index in [4.69, 9.17) is 0 Å². The van der Waals surface area contributed by atoms with Crippen molar-refractivity contribution in [2.24, 2.45) is 11.8 Å². The highest BCUT2D eigenvalue weighted by Gasteiger charge is 2.39. The van der Waals surface area contributed by atoms with Crippen molar-refractivity contribution in [3.8, 4) is 0 Å². The van der Waals surface area contributed by atoms with Crippen LogP contribution in [0.5, 0.6) is 0 Å². The average Bonchev–Trinajstić information content (AvgIpc) is 2.66. The molecule has 1 N–H and O–H groups in total. The van der Waals surface area contributed by atoms with E-state index >= 15 is 0 Å². The van der Waals surface area contributed by atoms with Crippen LogP contribution < -0.4 is 4.72 Å². The van der Waals surface area contributed by atoms with Crippen LogP contribution in [0, 0.1) is 11.8 Å². The van der Waals surface area contributed by atoms with Crippen molar-refractivity contribution in [3.63, 3.8) is 0 Å². The summed E-state index contributed by atoms with van der Waals surface area (Å²) in [7, 11) is -3.46. The molecule has 0 spiro atoms. The molecule has 0 radical (unpaired) electrons. The maximum absolute atomic E-state index is 12.7. The van der Waals surface area contributed by atoms with E-state index in [1.165, 1.54) is 12.8 Å². The predicted octanol–water partition coefficient (Wildman–Crippen LogP) is 3.24. The van der Waals surface area contributed by atoms with Crippen molar-refractivity contribution in [3.05, 3.63) is 42.5 Å². The second-order valence-electron chi connectivity index (χ2n) is 7.46. The minimum atomic E-state index is -3.46. The standard InChI is InChI=1S/C20H26N2O2S/c1-2-15-14-22-10-9-18(15)11-19(22)13-21-25(23,24)20-8-7-16-5-3-4-6-17(16)12-20/h3-8,12,15,18-19,21H,2,9-11,13-14H2,1H3/t15-,18-,19+/m0/s1. The normalized spacial score (nSPS) is 29.2. The molecule has 25 heavy (non-hydrogen) atoms. The maximum atomic E-state index is 12.7. The zero-order valence-electron chi connectivity index (χ0n) is 14.7. The lowest BCUT2D eigenvalue weighted by Gasteiger charge is -2.49. The predicted molar refractivity (Wildman–Crippen MR) is 101 cm³/mol. The van der Waals surface area contributed by atoms with Crippen LogP contribution in [0.4, 0.5) is 0 Å². The molecule has 0 aromatic heterocycles. The molecule has 2 aromatic carbocycles. The number of hydrogen-bond donors (Lipinski definition) is 1. The molecule has 4 atom stereocenters. The first-order valence-corrected chi connectivity index (χ1v) is 10.8. The van der Waals surface area contributed by atoms with Crippen molar-refractivity contribution in [1.29, 1.82) is 0 Å². The van der Waals surface area contributed by atoms with Gasteiger partial charge in [-0.2, -0.15) is 0 Å². The van der Waals surface area contributed by atoms with Gasteiger partial charge in [0.1, 0.15) is 0 Å². The summed E-state index contributed by atoms with van der Waals surface area (Å²) in [4.78, 5) is 2.84. The fourth-order valence-corrected chi connectivity index (χ4v) is 5.66. The Kier molecular flexibility index (Phi) is 4.56. The average molecular weight is 359 g/mol. The molecule has 5 rings (SSSR count). The quantitative estimate of drug-likeness (QED) is 0.893. The zero-order chi connectivity index (χ0) is 17.4. The molecule has 134 valence electrons. The van der Waals surface area contributed by atoms with E-state index in [0.29, 0.717) is 17.5 Å². The van der Waals surface area contributed by atoms with Gasteiger partial charge in [0.05, 0.1) is 4.90 Å². The third-order valence-electron chi connectivity index (χ3n) is 6.08. The van der Waals surface area contributed by atoms with Crippen molar-refractivity contribution in [2.45, 2.75) is 37.1 Å². The highest BCUT2D eigenvalue weighted by Crippen LogP contribution is 2.37. The summed E-state index contributed by atoms with van der Waals surface area (Å²) in [6.45, 7) is 5.03. The van der Waals surface area contributed by atoms with Gasteiger partial charge in [0.2, 0.25) is 10.0 Å². The van der Waals surface area contributed by atoms with Crippen LogP contribution in [0.2, 0.25) is 0 Å². The van der Waals surface area contributed by atoms with Crippen LogP contribution in [0.25, 0.3) is 10.8 Å². The highest BCUT2D eigenvalue weighted by molar-refractivity contribution is 7.89. The Hall–Kier alpha value is -1.43. The second-order valence-corrected chi connectivity index (χ2v) is 9.23. The zero-order valence-corrected chi connectivity index (χ0v) is 15.5. The first-order chi connectivity index (χ1) is 12.1. The van der Waals surface area contributed by atoms with Crippen LogP contribution in [0.15, 0.2) is 47.4 Å². The van der Waals surface area contributed by atoms with Gasteiger partial charge in [-0.1, -0.05) is 43.7 Å². The molecule has 2 bridgehead atoms. The Morgan fingerprint density at radius 1 is 1.16 bits per heavy atom. The summed E-state index contributed by atoms with van der Waals surface area (Å²) in [5, 5.41) is 2.01. The fraction of sp³-hybridized carbons (Fsp3) is 0.500. The van der Waals surface area contributed by atoms with Gasteiger partial charge in [0.25, 0.3) is 0 Å². The molecule has 3 aliphatic heterocycles. The maximum Gasteiger partial charge on any atom is 0.240 e. The number of nitrogens with one attached hydrogen (secondary N) is 1. The van der Waals surface area contributed by atoms with E-state index in [-0.39, 0.29) is 0 Å². The van der Waals surface area contributed by atoms with Gasteiger partial charge in [-0.05, 0) is 54.1 Å². The van der Waals surface area contributed by atoms with Crippen LogP contribution in [0.1, 0.15) is 26.2 Å². The van der Waals surface area contributed by atoms with Gasteiger partial charge >= 0.3 is 0 Å². The molecule has 0 aliphatic carbocycles. The minimum absolute atomic E-state index is 0.344. The molecule has 3 saturated heterocycles. The number of nitrogens with zero attached hydrogens (tertiary/aromatic N) is 1. The van der Waals surface area contributed by atoms with Crippen LogP contribution >= 0.6 is 0 Å². The summed E-state index contributed by atoms with van der Waals surface area (Å²) in [6, 6.07) is 13.5. The number of rotatable bonds is 5. The molecule has 5 heteroatoms. The summed E-state index contributed by atoms with van der Waals surface area (Å²) in [5.74, 6) is 1.56. The third kappa shape index (κ3) is 3.33. The first kappa shape index (κ1) is 17.0. The van der Waals surface area contributed by atoms with Gasteiger partial charge in [0, 0.05) is 19.1 Å². The first-order valence-electron chi connectivity index (χ1n) is 9.29. The van der Waals surface area contributed by atoms with Crippen molar-refractivity contribution in [2.75, 3.05) is 19.6 Å². The number of sulfonamides is 1. The van der Waals surface area contributed by atoms with Crippen molar-refractivity contribution >= 4 is 20.8 Å². The van der Waals surface area contributed by atoms with E-state index in [1.807, 2.05) is 30.3 Å². The Morgan fingerprint density at radius 3 is 2.68 bits per heavy atom. The third-order valence-corrected chi connectivity index (χ3v) is 7.50. The van der Waals surface area contributed by atoms with Crippen LogP contribution in [0.3, 0.4) is 0 Å². The number of hydrogen-bond acceptors (Lipinski definition) is 3. The highest BCUT2D eigenvalue weighted by atomic mass is 32.2. The summed E-state index contributed by atoms with van der Waals surface area (Å²) in [5.41, 5.74) is 0. The lowest BCUT2D eigenvalue weighted by Crippen LogP contribution is -2.56. The smallest absolute Gasteiger partial charge is 0.240 e. The SMILES string of the molecule is CC[C@H]1CN2CC[C@H]1C[C@@H]2CNS(=O)(=O)c1ccc2ccccc2c1. The molecule has 0 amide bonds. The Labute approximate surface area is 150 Å². The largest absolute Gasteiger partial charge is 0.299 e. The molecule has 0 saturated carbocycles. The second kappa shape index (κ2) is 6.71. The summed E-state index contributed by atoms with van der Waals surface area (Å²) in [6.07, 6.45) is 3.63. The number of piperidine rings is 3. The molecule has 3 fully saturated rings. The Bertz CT molecular complexity index is 865. The van der Waals surface area contributed by atoms with E-state index in [2.05, 4.69) is 16.5 Å². The molecular weight excluding hydrogens is 332 g/mol. The van der Waals surface area contributed by atoms with Gasteiger partial charge in [0.15, 0.2) is 0 Å². The fourth-order valence-electron chi connectivity index (χ4n) is 4.55. The van der Waals surface area contributed by atoms with E-state index in [9.17, 15) is 8.42 Å². The van der Waals surface area contributed by atoms with Gasteiger partial charge in [-0.3, -0.25) is 4.90 Å². The van der Waals surface area contributed by atoms with Crippen molar-refractivity contribution < 1.29 is 8.42 Å². The van der Waals surface area contributed by atoms with Crippen LogP contribution in [-0.2, 0) is 10.0 Å². The lowest BCUT2D eigenvalue weighted by molar-refractivity contribution is 0.00236. The van der Waals surface area contributed by atoms with E-state index in [0.717, 1.165) is 42.1 Å². The monoisotopic (exact) mass is 358 g/mol. The van der Waals surface area contributed by atoms with Gasteiger partial charge in [-0.15, -0.1) is 0 Å². The summed E-state index contributed by atoms with van der Waals surface area (Å²) < 4.78 is 28.3. The van der Waals surface area contributed by atoms with Crippen LogP contribution in [-0.4, -0.2) is 39.0 Å². The van der Waals surface area contributed by atoms with E-state index in [1.54, 1.807) is 12.1 Å². The molecular formula is C20H26N2O2S. The Morgan fingerprint density at radius 2 is 1.96 bits per heavy atom. The minimum Gasteiger partial charge on any atom is -0.299 e.